The van der Waals surface area contributed by atoms with E-state index < -0.39 is 5.97 Å². The number of halogens is 1. The molecule has 3 rings (SSSR count). The topological polar surface area (TPSA) is 42.7 Å². The monoisotopic (exact) mass is 347 g/mol. The molecule has 0 radical (unpaired) electrons. The first-order valence-electron chi connectivity index (χ1n) is 8.06. The summed E-state index contributed by atoms with van der Waals surface area (Å²) < 4.78 is 10.4. The van der Waals surface area contributed by atoms with E-state index in [4.69, 9.17) is 20.8 Å². The Kier molecular flexibility index (Phi) is 4.35. The van der Waals surface area contributed by atoms with Gasteiger partial charge >= 0.3 is 5.97 Å². The highest BCUT2D eigenvalue weighted by Gasteiger charge is 2.36. The molecule has 4 nitrogen and oxygen atoms in total. The second kappa shape index (κ2) is 6.17. The first-order chi connectivity index (χ1) is 11.3. The fourth-order valence-electron chi connectivity index (χ4n) is 3.59. The van der Waals surface area contributed by atoms with E-state index >= 15 is 0 Å². The van der Waals surface area contributed by atoms with Crippen LogP contribution in [0.4, 0.5) is 5.69 Å². The van der Waals surface area contributed by atoms with Gasteiger partial charge in [0, 0.05) is 16.2 Å². The van der Waals surface area contributed by atoms with Crippen LogP contribution in [0.25, 0.3) is 0 Å². The van der Waals surface area contributed by atoms with Gasteiger partial charge in [-0.25, -0.2) is 4.79 Å². The third-order valence-corrected chi connectivity index (χ3v) is 4.94. The zero-order valence-electron chi connectivity index (χ0n) is 14.4. The van der Waals surface area contributed by atoms with Crippen LogP contribution in [-0.4, -0.2) is 18.6 Å². The predicted octanol–water partition coefficient (Wildman–Crippen LogP) is 5.01. The van der Waals surface area contributed by atoms with Crippen LogP contribution >= 0.6 is 11.6 Å². The van der Waals surface area contributed by atoms with Gasteiger partial charge in [-0.05, 0) is 62.1 Å². The van der Waals surface area contributed by atoms with Crippen molar-refractivity contribution in [3.8, 4) is 0 Å². The Labute approximate surface area is 147 Å². The van der Waals surface area contributed by atoms with Crippen molar-refractivity contribution in [1.82, 2.24) is 0 Å². The van der Waals surface area contributed by atoms with Crippen LogP contribution in [0, 0.1) is 0 Å². The molecule has 2 aromatic rings. The van der Waals surface area contributed by atoms with Crippen LogP contribution < -0.4 is 4.90 Å². The first kappa shape index (κ1) is 16.9. The maximum atomic E-state index is 11.6. The minimum Gasteiger partial charge on any atom is -0.463 e. The fraction of sp³-hybridized carbons (Fsp3) is 0.421. The number of anilines is 1. The van der Waals surface area contributed by atoms with E-state index in [2.05, 4.69) is 31.7 Å². The Hall–Kier alpha value is -1.94. The largest absolute Gasteiger partial charge is 0.463 e. The van der Waals surface area contributed by atoms with Crippen LogP contribution in [0.3, 0.4) is 0 Å². The number of esters is 1. The molecule has 5 heteroatoms. The summed E-state index contributed by atoms with van der Waals surface area (Å²) in [7, 11) is 1.35. The van der Waals surface area contributed by atoms with Gasteiger partial charge in [-0.3, -0.25) is 0 Å². The number of ether oxygens (including phenoxy) is 1. The number of carbonyl (C=O) groups is 1. The van der Waals surface area contributed by atoms with E-state index in [0.29, 0.717) is 12.5 Å². The molecular weight excluding hydrogens is 326 g/mol. The van der Waals surface area contributed by atoms with Gasteiger partial charge in [0.05, 0.1) is 13.7 Å². The average Bonchev–Trinajstić information content (AvgIpc) is 2.99. The van der Waals surface area contributed by atoms with Gasteiger partial charge in [-0.15, -0.1) is 0 Å². The molecule has 2 heterocycles. The average molecular weight is 348 g/mol. The summed E-state index contributed by atoms with van der Waals surface area (Å²) in [4.78, 5) is 13.9. The number of carbonyl (C=O) groups excluding carboxylic acids is 1. The van der Waals surface area contributed by atoms with E-state index in [9.17, 15) is 4.79 Å². The standard InChI is InChI=1S/C19H22ClNO3/c1-12-10-19(2,3)21(16-7-5-13(20)9-15(12)16)11-14-6-8-17(24-14)18(22)23-4/h5-9,12H,10-11H2,1-4H3. The molecule has 0 bridgehead atoms. The molecule has 0 fully saturated rings. The van der Waals surface area contributed by atoms with Crippen LogP contribution in [-0.2, 0) is 11.3 Å². The van der Waals surface area contributed by atoms with Crippen molar-refractivity contribution in [3.63, 3.8) is 0 Å². The summed E-state index contributed by atoms with van der Waals surface area (Å²) in [6.07, 6.45) is 1.02. The molecule has 1 aliphatic rings. The molecule has 128 valence electrons. The molecule has 1 aromatic heterocycles. The van der Waals surface area contributed by atoms with Crippen LogP contribution in [0.15, 0.2) is 34.7 Å². The van der Waals surface area contributed by atoms with Gasteiger partial charge in [-0.2, -0.15) is 0 Å². The number of hydrogen-bond donors (Lipinski definition) is 0. The summed E-state index contributed by atoms with van der Waals surface area (Å²) in [5, 5.41) is 0.756. The summed E-state index contributed by atoms with van der Waals surface area (Å²) in [5.74, 6) is 0.943. The number of benzene rings is 1. The number of nitrogens with zero attached hydrogens (tertiary/aromatic N) is 1. The van der Waals surface area contributed by atoms with E-state index in [1.807, 2.05) is 18.2 Å². The van der Waals surface area contributed by atoms with Crippen molar-refractivity contribution in [3.05, 3.63) is 52.4 Å². The highest BCUT2D eigenvalue weighted by Crippen LogP contribution is 2.44. The van der Waals surface area contributed by atoms with Crippen LogP contribution in [0.5, 0.6) is 0 Å². The van der Waals surface area contributed by atoms with Gasteiger partial charge < -0.3 is 14.1 Å². The SMILES string of the molecule is COC(=O)c1ccc(CN2c3ccc(Cl)cc3C(C)CC2(C)C)o1. The van der Waals surface area contributed by atoms with Gasteiger partial charge in [0.15, 0.2) is 0 Å². The second-order valence-electron chi connectivity index (χ2n) is 6.96. The lowest BCUT2D eigenvalue weighted by molar-refractivity contribution is 0.0563. The Morgan fingerprint density at radius 2 is 2.12 bits per heavy atom. The molecule has 0 saturated carbocycles. The number of hydrogen-bond acceptors (Lipinski definition) is 4. The molecule has 0 spiro atoms. The molecule has 24 heavy (non-hydrogen) atoms. The maximum Gasteiger partial charge on any atom is 0.373 e. The first-order valence-corrected chi connectivity index (χ1v) is 8.44. The third kappa shape index (κ3) is 3.03. The summed E-state index contributed by atoms with van der Waals surface area (Å²) >= 11 is 6.19. The molecular formula is C19H22ClNO3. The Morgan fingerprint density at radius 1 is 1.38 bits per heavy atom. The van der Waals surface area contributed by atoms with Crippen LogP contribution in [0.2, 0.25) is 5.02 Å². The minimum atomic E-state index is -0.458. The van der Waals surface area contributed by atoms with Gasteiger partial charge in [-0.1, -0.05) is 18.5 Å². The molecule has 1 aliphatic heterocycles. The molecule has 1 atom stereocenters. The lowest BCUT2D eigenvalue weighted by atomic mass is 9.80. The number of methoxy groups -OCH3 is 1. The smallest absolute Gasteiger partial charge is 0.373 e. The summed E-state index contributed by atoms with van der Waals surface area (Å²) in [6.45, 7) is 7.28. The zero-order chi connectivity index (χ0) is 17.5. The third-order valence-electron chi connectivity index (χ3n) is 4.71. The molecule has 1 unspecified atom stereocenters. The molecule has 0 amide bonds. The second-order valence-corrected chi connectivity index (χ2v) is 7.40. The Morgan fingerprint density at radius 3 is 2.83 bits per heavy atom. The normalized spacial score (nSPS) is 19.0. The fourth-order valence-corrected chi connectivity index (χ4v) is 3.77. The lowest BCUT2D eigenvalue weighted by Crippen LogP contribution is -2.47. The van der Waals surface area contributed by atoms with E-state index in [1.165, 1.54) is 18.4 Å². The quantitative estimate of drug-likeness (QED) is 0.732. The van der Waals surface area contributed by atoms with E-state index in [0.717, 1.165) is 17.2 Å². The van der Waals surface area contributed by atoms with Crippen molar-refractivity contribution in [2.24, 2.45) is 0 Å². The molecule has 0 aliphatic carbocycles. The highest BCUT2D eigenvalue weighted by atomic mass is 35.5. The number of rotatable bonds is 3. The lowest BCUT2D eigenvalue weighted by Gasteiger charge is -2.47. The van der Waals surface area contributed by atoms with Crippen molar-refractivity contribution in [1.29, 1.82) is 0 Å². The maximum absolute atomic E-state index is 11.6. The van der Waals surface area contributed by atoms with Crippen LogP contribution in [0.1, 0.15) is 55.0 Å². The number of fused-ring (bicyclic) bond motifs is 1. The Bertz CT molecular complexity index is 766. The number of furan rings is 1. The van der Waals surface area contributed by atoms with Gasteiger partial charge in [0.25, 0.3) is 0 Å². The molecule has 1 aromatic carbocycles. The summed E-state index contributed by atoms with van der Waals surface area (Å²) in [6, 6.07) is 9.52. The molecule has 0 saturated heterocycles. The van der Waals surface area contributed by atoms with Gasteiger partial charge in [0.2, 0.25) is 5.76 Å². The minimum absolute atomic E-state index is 0.0293. The summed E-state index contributed by atoms with van der Waals surface area (Å²) in [5.41, 5.74) is 2.39. The zero-order valence-corrected chi connectivity index (χ0v) is 15.2. The predicted molar refractivity (Wildman–Crippen MR) is 94.8 cm³/mol. The highest BCUT2D eigenvalue weighted by molar-refractivity contribution is 6.30. The van der Waals surface area contributed by atoms with Crippen molar-refractivity contribution < 1.29 is 13.9 Å². The van der Waals surface area contributed by atoms with Crippen molar-refractivity contribution in [2.75, 3.05) is 12.0 Å². The van der Waals surface area contributed by atoms with Gasteiger partial charge in [0.1, 0.15) is 5.76 Å². The van der Waals surface area contributed by atoms with Crippen molar-refractivity contribution in [2.45, 2.75) is 45.2 Å². The van der Waals surface area contributed by atoms with E-state index in [-0.39, 0.29) is 11.3 Å². The van der Waals surface area contributed by atoms with Crippen molar-refractivity contribution >= 4 is 23.3 Å². The Balaban J connectivity index is 1.95. The van der Waals surface area contributed by atoms with E-state index in [1.54, 1.807) is 6.07 Å². The molecule has 0 N–H and O–H groups in total.